The lowest BCUT2D eigenvalue weighted by Gasteiger charge is -2.27. The third-order valence-electron chi connectivity index (χ3n) is 5.20. The van der Waals surface area contributed by atoms with Gasteiger partial charge in [-0.05, 0) is 45.1 Å². The van der Waals surface area contributed by atoms with Crippen molar-refractivity contribution in [1.82, 2.24) is 20.9 Å². The van der Waals surface area contributed by atoms with Gasteiger partial charge in [0.25, 0.3) is 0 Å². The second kappa shape index (κ2) is 11.3. The molecule has 0 spiro atoms. The van der Waals surface area contributed by atoms with E-state index in [-0.39, 0.29) is 37.4 Å². The van der Waals surface area contributed by atoms with Crippen LogP contribution in [0, 0.1) is 0 Å². The molecular formula is C18H31N7O5. The van der Waals surface area contributed by atoms with E-state index in [0.29, 0.717) is 32.2 Å². The molecule has 2 heterocycles. The lowest BCUT2D eigenvalue weighted by Crippen LogP contribution is -2.53. The molecule has 0 unspecified atom stereocenters. The van der Waals surface area contributed by atoms with E-state index in [0.717, 1.165) is 13.0 Å². The first-order chi connectivity index (χ1) is 14.3. The first-order valence-corrected chi connectivity index (χ1v) is 10.2. The maximum atomic E-state index is 12.9. The summed E-state index contributed by atoms with van der Waals surface area (Å²) in [7, 11) is 0. The molecule has 2 fully saturated rings. The normalized spacial score (nSPS) is 21.7. The fraction of sp³-hybridized carbons (Fsp3) is 0.722. The summed E-state index contributed by atoms with van der Waals surface area (Å²) in [5.41, 5.74) is 10.6. The molecule has 12 nitrogen and oxygen atoms in total. The molecule has 12 heteroatoms. The summed E-state index contributed by atoms with van der Waals surface area (Å²) >= 11 is 0. The highest BCUT2D eigenvalue weighted by Gasteiger charge is 2.37. The maximum Gasteiger partial charge on any atom is 0.326 e. The molecule has 8 N–H and O–H groups in total. The first-order valence-electron chi connectivity index (χ1n) is 10.2. The molecule has 2 aliphatic rings. The van der Waals surface area contributed by atoms with E-state index in [1.807, 2.05) is 0 Å². The second-order valence-electron chi connectivity index (χ2n) is 7.46. The molecule has 0 aliphatic carbocycles. The first kappa shape index (κ1) is 23.4. The summed E-state index contributed by atoms with van der Waals surface area (Å²) in [6.45, 7) is 1.09. The standard InChI is InChI=1S/C18H31N7O5/c19-18(20)22-8-2-5-12(16(28)25-9-3-6-13(25)17(29)30)24-14(26)10-23-15(27)11-4-1-7-21-11/h11-13,21H,1-10H2,(H,23,27)(H,24,26)(H,29,30)(H4,19,20,22)/t11-,12-,13-/m0/s1. The van der Waals surface area contributed by atoms with E-state index in [9.17, 15) is 24.3 Å². The highest BCUT2D eigenvalue weighted by molar-refractivity contribution is 5.92. The van der Waals surface area contributed by atoms with Gasteiger partial charge in [-0.3, -0.25) is 19.4 Å². The fourth-order valence-electron chi connectivity index (χ4n) is 3.69. The number of guanidine groups is 1. The Kier molecular flexibility index (Phi) is 8.84. The average molecular weight is 425 g/mol. The minimum Gasteiger partial charge on any atom is -0.480 e. The summed E-state index contributed by atoms with van der Waals surface area (Å²) in [6.07, 6.45) is 3.23. The van der Waals surface area contributed by atoms with E-state index in [4.69, 9.17) is 11.5 Å². The van der Waals surface area contributed by atoms with Gasteiger partial charge >= 0.3 is 5.97 Å². The number of nitrogens with one attached hydrogen (secondary N) is 3. The molecule has 0 radical (unpaired) electrons. The minimum atomic E-state index is -1.07. The molecule has 168 valence electrons. The lowest BCUT2D eigenvalue weighted by atomic mass is 10.1. The summed E-state index contributed by atoms with van der Waals surface area (Å²) < 4.78 is 0. The highest BCUT2D eigenvalue weighted by atomic mass is 16.4. The van der Waals surface area contributed by atoms with Gasteiger partial charge in [-0.25, -0.2) is 4.79 Å². The van der Waals surface area contributed by atoms with Crippen LogP contribution in [0.25, 0.3) is 0 Å². The van der Waals surface area contributed by atoms with Crippen molar-refractivity contribution in [2.75, 3.05) is 26.2 Å². The van der Waals surface area contributed by atoms with Crippen LogP contribution >= 0.6 is 0 Å². The van der Waals surface area contributed by atoms with Crippen molar-refractivity contribution in [3.05, 3.63) is 0 Å². The Morgan fingerprint density at radius 1 is 1.20 bits per heavy atom. The van der Waals surface area contributed by atoms with Crippen LogP contribution in [-0.4, -0.2) is 84.0 Å². The number of aliphatic imine (C=N–C) groups is 1. The van der Waals surface area contributed by atoms with Crippen molar-refractivity contribution in [1.29, 1.82) is 0 Å². The fourth-order valence-corrected chi connectivity index (χ4v) is 3.69. The van der Waals surface area contributed by atoms with Gasteiger partial charge in [-0.1, -0.05) is 0 Å². The van der Waals surface area contributed by atoms with Crippen LogP contribution in [-0.2, 0) is 19.2 Å². The number of aliphatic carboxylic acids is 1. The summed E-state index contributed by atoms with van der Waals surface area (Å²) in [4.78, 5) is 53.9. The maximum absolute atomic E-state index is 12.9. The van der Waals surface area contributed by atoms with Crippen LogP contribution in [0.5, 0.6) is 0 Å². The van der Waals surface area contributed by atoms with Gasteiger partial charge in [0, 0.05) is 13.1 Å². The molecule has 0 aromatic rings. The molecule has 3 atom stereocenters. The Morgan fingerprint density at radius 3 is 2.60 bits per heavy atom. The van der Waals surface area contributed by atoms with Gasteiger partial charge < -0.3 is 37.4 Å². The van der Waals surface area contributed by atoms with Crippen molar-refractivity contribution in [3.63, 3.8) is 0 Å². The topological polar surface area (TPSA) is 192 Å². The van der Waals surface area contributed by atoms with Crippen LogP contribution in [0.4, 0.5) is 0 Å². The number of likely N-dealkylation sites (tertiary alicyclic amines) is 1. The summed E-state index contributed by atoms with van der Waals surface area (Å²) in [6, 6.07) is -2.13. The van der Waals surface area contributed by atoms with Gasteiger partial charge in [0.1, 0.15) is 12.1 Å². The van der Waals surface area contributed by atoms with Gasteiger partial charge in [0.15, 0.2) is 5.96 Å². The number of nitrogens with zero attached hydrogens (tertiary/aromatic N) is 2. The van der Waals surface area contributed by atoms with Crippen LogP contribution in [0.1, 0.15) is 38.5 Å². The molecule has 2 rings (SSSR count). The predicted molar refractivity (Wildman–Crippen MR) is 108 cm³/mol. The molecule has 0 aromatic heterocycles. The van der Waals surface area contributed by atoms with Gasteiger partial charge in [-0.15, -0.1) is 0 Å². The molecule has 0 bridgehead atoms. The average Bonchev–Trinajstić information content (AvgIpc) is 3.39. The Bertz CT molecular complexity index is 674. The van der Waals surface area contributed by atoms with Gasteiger partial charge in [0.05, 0.1) is 12.6 Å². The molecule has 0 saturated carbocycles. The lowest BCUT2D eigenvalue weighted by molar-refractivity contribution is -0.149. The van der Waals surface area contributed by atoms with Crippen molar-refractivity contribution in [3.8, 4) is 0 Å². The Hall–Kier alpha value is -2.89. The van der Waals surface area contributed by atoms with Crippen LogP contribution in [0.15, 0.2) is 4.99 Å². The summed E-state index contributed by atoms with van der Waals surface area (Å²) in [5.74, 6) is -2.38. The number of amides is 3. The number of hydrogen-bond acceptors (Lipinski definition) is 6. The predicted octanol–water partition coefficient (Wildman–Crippen LogP) is -2.53. The van der Waals surface area contributed by atoms with Crippen LogP contribution < -0.4 is 27.4 Å². The number of hydrogen-bond donors (Lipinski definition) is 6. The Morgan fingerprint density at radius 2 is 1.97 bits per heavy atom. The summed E-state index contributed by atoms with van der Waals surface area (Å²) in [5, 5.41) is 17.6. The van der Waals surface area contributed by atoms with Crippen LogP contribution in [0.3, 0.4) is 0 Å². The number of carboxylic acid groups (broad SMARTS) is 1. The third-order valence-corrected chi connectivity index (χ3v) is 5.20. The molecule has 30 heavy (non-hydrogen) atoms. The molecule has 0 aromatic carbocycles. The van der Waals surface area contributed by atoms with E-state index < -0.39 is 29.9 Å². The SMILES string of the molecule is NC(N)=NCCC[C@H](NC(=O)CNC(=O)[C@@H]1CCCN1)C(=O)N1CCC[C@H]1C(=O)O. The van der Waals surface area contributed by atoms with Crippen LogP contribution in [0.2, 0.25) is 0 Å². The van der Waals surface area contributed by atoms with Gasteiger partial charge in [-0.2, -0.15) is 0 Å². The second-order valence-corrected chi connectivity index (χ2v) is 7.46. The number of rotatable bonds is 10. The smallest absolute Gasteiger partial charge is 0.326 e. The number of carbonyl (C=O) groups excluding carboxylic acids is 3. The number of carbonyl (C=O) groups is 4. The molecule has 2 aliphatic heterocycles. The van der Waals surface area contributed by atoms with Gasteiger partial charge in [0.2, 0.25) is 17.7 Å². The molecule has 3 amide bonds. The number of carboxylic acids is 1. The van der Waals surface area contributed by atoms with Crippen molar-refractivity contribution in [2.45, 2.75) is 56.7 Å². The monoisotopic (exact) mass is 425 g/mol. The quantitative estimate of drug-likeness (QED) is 0.125. The van der Waals surface area contributed by atoms with Crippen molar-refractivity contribution < 1.29 is 24.3 Å². The zero-order chi connectivity index (χ0) is 22.1. The highest BCUT2D eigenvalue weighted by Crippen LogP contribution is 2.19. The van der Waals surface area contributed by atoms with Crippen molar-refractivity contribution >= 4 is 29.7 Å². The zero-order valence-electron chi connectivity index (χ0n) is 16.9. The van der Waals surface area contributed by atoms with Crippen molar-refractivity contribution in [2.24, 2.45) is 16.5 Å². The molecule has 2 saturated heterocycles. The Balaban J connectivity index is 1.94. The van der Waals surface area contributed by atoms with E-state index in [2.05, 4.69) is 20.9 Å². The Labute approximate surface area is 174 Å². The third kappa shape index (κ3) is 6.87. The molecular weight excluding hydrogens is 394 g/mol. The van der Waals surface area contributed by atoms with E-state index in [1.54, 1.807) is 0 Å². The largest absolute Gasteiger partial charge is 0.480 e. The minimum absolute atomic E-state index is 0.0735. The van der Waals surface area contributed by atoms with E-state index >= 15 is 0 Å². The van der Waals surface area contributed by atoms with E-state index in [1.165, 1.54) is 4.90 Å². The number of nitrogens with two attached hydrogens (primary N) is 2. The zero-order valence-corrected chi connectivity index (χ0v) is 16.9.